The van der Waals surface area contributed by atoms with E-state index in [-0.39, 0.29) is 12.1 Å². The molecule has 220 valence electrons. The molecule has 0 aliphatic carbocycles. The fourth-order valence-corrected chi connectivity index (χ4v) is 8.67. The van der Waals surface area contributed by atoms with E-state index in [9.17, 15) is 0 Å². The average molecular weight is 593 g/mol. The van der Waals surface area contributed by atoms with Crippen LogP contribution in [0.25, 0.3) is 66.0 Å². The maximum Gasteiger partial charge on any atom is 0.247 e. The van der Waals surface area contributed by atoms with Crippen LogP contribution in [0.1, 0.15) is 37.5 Å². The topological polar surface area (TPSA) is 22.5 Å². The van der Waals surface area contributed by atoms with Gasteiger partial charge in [0.2, 0.25) is 6.71 Å². The minimum absolute atomic E-state index is 0.0169. The molecule has 0 spiro atoms. The smallest absolute Gasteiger partial charge is 0.247 e. The summed E-state index contributed by atoms with van der Waals surface area (Å²) in [4.78, 5) is 0. The van der Waals surface area contributed by atoms with E-state index >= 15 is 0 Å². The second-order valence-electron chi connectivity index (χ2n) is 14.3. The number of aromatic nitrogens is 2. The van der Waals surface area contributed by atoms with Gasteiger partial charge in [0, 0.05) is 16.2 Å². The molecule has 6 aromatic carbocycles. The SMILES string of the molecule is Cc1cc2cc(C)c3c4c2c(c1)n1c2ccccc2cc1n4-c1c(ccc2oc4ccccc4c12)B3c1ccccc1C(C)(C)C. The Morgan fingerprint density at radius 1 is 0.652 bits per heavy atom. The molecule has 0 saturated carbocycles. The quantitative estimate of drug-likeness (QED) is 0.175. The number of furan rings is 1. The Labute approximate surface area is 267 Å². The molecule has 46 heavy (non-hydrogen) atoms. The molecule has 3 aromatic heterocycles. The van der Waals surface area contributed by atoms with Gasteiger partial charge < -0.3 is 4.42 Å². The predicted octanol–water partition coefficient (Wildman–Crippen LogP) is 8.83. The average Bonchev–Trinajstić information content (AvgIpc) is 3.62. The van der Waals surface area contributed by atoms with Gasteiger partial charge in [-0.2, -0.15) is 0 Å². The van der Waals surface area contributed by atoms with E-state index in [1.807, 2.05) is 0 Å². The van der Waals surface area contributed by atoms with Crippen LogP contribution in [-0.2, 0) is 5.41 Å². The maximum atomic E-state index is 6.57. The van der Waals surface area contributed by atoms with Crippen molar-refractivity contribution in [3.8, 4) is 5.69 Å². The van der Waals surface area contributed by atoms with E-state index in [0.29, 0.717) is 0 Å². The molecule has 0 amide bonds. The highest BCUT2D eigenvalue weighted by atomic mass is 16.3. The Balaban J connectivity index is 1.54. The van der Waals surface area contributed by atoms with Gasteiger partial charge in [-0.05, 0) is 77.0 Å². The largest absolute Gasteiger partial charge is 0.456 e. The number of para-hydroxylation sites is 2. The molecule has 0 radical (unpaired) electrons. The molecule has 0 unspecified atom stereocenters. The van der Waals surface area contributed by atoms with Crippen LogP contribution in [0, 0.1) is 13.8 Å². The highest BCUT2D eigenvalue weighted by molar-refractivity contribution is 6.98. The third-order valence-electron chi connectivity index (χ3n) is 10.4. The number of aryl methyl sites for hydroxylation is 2. The molecule has 3 nitrogen and oxygen atoms in total. The zero-order chi connectivity index (χ0) is 31.1. The van der Waals surface area contributed by atoms with E-state index in [1.54, 1.807) is 0 Å². The molecule has 0 bridgehead atoms. The van der Waals surface area contributed by atoms with Gasteiger partial charge in [0.05, 0.1) is 27.6 Å². The fourth-order valence-electron chi connectivity index (χ4n) is 8.67. The molecular weight excluding hydrogens is 559 g/mol. The van der Waals surface area contributed by atoms with Crippen LogP contribution in [-0.4, -0.2) is 15.7 Å². The highest BCUT2D eigenvalue weighted by Gasteiger charge is 2.39. The molecular formula is C42H33BN2O. The Morgan fingerprint density at radius 3 is 2.30 bits per heavy atom. The molecule has 1 aliphatic rings. The second-order valence-corrected chi connectivity index (χ2v) is 14.3. The van der Waals surface area contributed by atoms with Crippen LogP contribution >= 0.6 is 0 Å². The van der Waals surface area contributed by atoms with E-state index in [4.69, 9.17) is 4.42 Å². The molecule has 4 heteroatoms. The summed E-state index contributed by atoms with van der Waals surface area (Å²) in [6, 6.07) is 40.5. The number of hydrogen-bond donors (Lipinski definition) is 0. The summed E-state index contributed by atoms with van der Waals surface area (Å²) in [6.07, 6.45) is 0. The number of fused-ring (bicyclic) bond motifs is 11. The van der Waals surface area contributed by atoms with E-state index in [1.165, 1.54) is 82.5 Å². The summed E-state index contributed by atoms with van der Waals surface area (Å²) in [5.41, 5.74) is 16.1. The number of hydrogen-bond acceptors (Lipinski definition) is 1. The molecule has 1 aliphatic heterocycles. The van der Waals surface area contributed by atoms with Gasteiger partial charge in [0.1, 0.15) is 16.8 Å². The summed E-state index contributed by atoms with van der Waals surface area (Å²) in [6.45, 7) is 11.6. The van der Waals surface area contributed by atoms with Crippen LogP contribution in [0.4, 0.5) is 0 Å². The van der Waals surface area contributed by atoms with Crippen molar-refractivity contribution in [2.45, 2.75) is 40.0 Å². The second kappa shape index (κ2) is 8.73. The summed E-state index contributed by atoms with van der Waals surface area (Å²) >= 11 is 0. The molecule has 0 saturated heterocycles. The van der Waals surface area contributed by atoms with Crippen molar-refractivity contribution >= 4 is 83.4 Å². The van der Waals surface area contributed by atoms with Gasteiger partial charge in [0.25, 0.3) is 0 Å². The van der Waals surface area contributed by atoms with Gasteiger partial charge >= 0.3 is 0 Å². The van der Waals surface area contributed by atoms with Crippen molar-refractivity contribution in [2.24, 2.45) is 0 Å². The van der Waals surface area contributed by atoms with E-state index in [0.717, 1.165) is 16.6 Å². The van der Waals surface area contributed by atoms with Gasteiger partial charge in [-0.1, -0.05) is 111 Å². The Morgan fingerprint density at radius 2 is 1.43 bits per heavy atom. The van der Waals surface area contributed by atoms with Crippen molar-refractivity contribution in [3.63, 3.8) is 0 Å². The zero-order valence-corrected chi connectivity index (χ0v) is 26.8. The number of rotatable bonds is 1. The molecule has 0 atom stereocenters. The van der Waals surface area contributed by atoms with Crippen LogP contribution in [0.5, 0.6) is 0 Å². The molecule has 9 aromatic rings. The van der Waals surface area contributed by atoms with E-state index < -0.39 is 0 Å². The third kappa shape index (κ3) is 3.24. The van der Waals surface area contributed by atoms with Gasteiger partial charge in [-0.25, -0.2) is 0 Å². The highest BCUT2D eigenvalue weighted by Crippen LogP contribution is 2.41. The van der Waals surface area contributed by atoms with Crippen molar-refractivity contribution < 1.29 is 4.42 Å². The normalized spacial score (nSPS) is 13.3. The monoisotopic (exact) mass is 592 g/mol. The summed E-state index contributed by atoms with van der Waals surface area (Å²) in [5, 5.41) is 6.18. The summed E-state index contributed by atoms with van der Waals surface area (Å²) in [5.74, 6) is 0. The number of nitrogens with zero attached hydrogens (tertiary/aromatic N) is 2. The lowest BCUT2D eigenvalue weighted by Gasteiger charge is -2.35. The van der Waals surface area contributed by atoms with Crippen LogP contribution < -0.4 is 16.4 Å². The fraction of sp³-hybridized carbons (Fsp3) is 0.143. The summed E-state index contributed by atoms with van der Waals surface area (Å²) in [7, 11) is 0. The Bertz CT molecular complexity index is 2770. The van der Waals surface area contributed by atoms with Crippen molar-refractivity contribution in [1.29, 1.82) is 0 Å². The minimum atomic E-state index is -0.0169. The minimum Gasteiger partial charge on any atom is -0.456 e. The van der Waals surface area contributed by atoms with Gasteiger partial charge in [0.15, 0.2) is 0 Å². The van der Waals surface area contributed by atoms with Crippen molar-refractivity contribution in [1.82, 2.24) is 8.97 Å². The first-order valence-corrected chi connectivity index (χ1v) is 16.3. The van der Waals surface area contributed by atoms with Crippen LogP contribution in [0.2, 0.25) is 0 Å². The molecule has 10 rings (SSSR count). The predicted molar refractivity (Wildman–Crippen MR) is 196 cm³/mol. The third-order valence-corrected chi connectivity index (χ3v) is 10.4. The number of benzene rings is 6. The first-order valence-electron chi connectivity index (χ1n) is 16.3. The Hall–Kier alpha value is -5.22. The lowest BCUT2D eigenvalue weighted by atomic mass is 9.33. The van der Waals surface area contributed by atoms with Crippen LogP contribution in [0.3, 0.4) is 0 Å². The van der Waals surface area contributed by atoms with Crippen LogP contribution in [0.15, 0.2) is 114 Å². The summed E-state index contributed by atoms with van der Waals surface area (Å²) < 4.78 is 11.7. The lowest BCUT2D eigenvalue weighted by molar-refractivity contribution is 0.594. The molecule has 4 heterocycles. The van der Waals surface area contributed by atoms with Gasteiger partial charge in [-0.3, -0.25) is 8.97 Å². The lowest BCUT2D eigenvalue weighted by Crippen LogP contribution is -2.59. The van der Waals surface area contributed by atoms with Crippen molar-refractivity contribution in [3.05, 3.63) is 126 Å². The maximum absolute atomic E-state index is 6.57. The zero-order valence-electron chi connectivity index (χ0n) is 26.8. The Kier molecular flexibility index (Phi) is 4.94. The first-order chi connectivity index (χ1) is 22.3. The first kappa shape index (κ1) is 26.0. The molecule has 0 fully saturated rings. The van der Waals surface area contributed by atoms with Crippen molar-refractivity contribution in [2.75, 3.05) is 0 Å². The van der Waals surface area contributed by atoms with E-state index in [2.05, 4.69) is 153 Å². The molecule has 0 N–H and O–H groups in total. The van der Waals surface area contributed by atoms with Gasteiger partial charge in [-0.15, -0.1) is 0 Å². The standard InChI is InChI=1S/C42H33BN2O/c1-24-20-27-22-25(2)39-41-37(27)33(21-24)44-32-16-10-6-12-26(32)23-36(44)45(41)40-31(43(39)30-15-9-8-14-29(30)42(3,4)5)18-19-35-38(40)28-13-7-11-17-34(28)46-35/h6-23H,1-5H3.